The molecule has 92 valence electrons. The standard InChI is InChI=1S/C11H12Cl2N2O2/c1-11(2,3)10(17)14-7-4-8(12)15-9(13)6(7)5-16/h4-5H,1-3H3,(H,14,15,17). The summed E-state index contributed by atoms with van der Waals surface area (Å²) >= 11 is 11.5. The SMILES string of the molecule is CC(C)(C)C(=O)Nc1cc(Cl)nc(Cl)c1C=O. The van der Waals surface area contributed by atoms with Crippen LogP contribution in [0.4, 0.5) is 5.69 Å². The van der Waals surface area contributed by atoms with Gasteiger partial charge in [-0.25, -0.2) is 4.98 Å². The molecule has 1 amide bonds. The fourth-order valence-electron chi connectivity index (χ4n) is 1.02. The Morgan fingerprint density at radius 2 is 2.00 bits per heavy atom. The van der Waals surface area contributed by atoms with Gasteiger partial charge in [0, 0.05) is 5.41 Å². The van der Waals surface area contributed by atoms with Crippen LogP contribution in [0.3, 0.4) is 0 Å². The molecule has 0 aliphatic heterocycles. The summed E-state index contributed by atoms with van der Waals surface area (Å²) in [6.45, 7) is 5.27. The van der Waals surface area contributed by atoms with Gasteiger partial charge in [-0.15, -0.1) is 0 Å². The molecule has 0 aliphatic rings. The van der Waals surface area contributed by atoms with Crippen LogP contribution in [0.25, 0.3) is 0 Å². The Labute approximate surface area is 109 Å². The summed E-state index contributed by atoms with van der Waals surface area (Å²) in [4.78, 5) is 26.4. The molecule has 1 rings (SSSR count). The number of anilines is 1. The van der Waals surface area contributed by atoms with Gasteiger partial charge in [0.2, 0.25) is 5.91 Å². The van der Waals surface area contributed by atoms with Crippen molar-refractivity contribution in [2.24, 2.45) is 5.41 Å². The Kier molecular flexibility index (Phi) is 4.11. The van der Waals surface area contributed by atoms with E-state index in [9.17, 15) is 9.59 Å². The lowest BCUT2D eigenvalue weighted by molar-refractivity contribution is -0.123. The molecule has 6 heteroatoms. The zero-order valence-electron chi connectivity index (χ0n) is 9.67. The largest absolute Gasteiger partial charge is 0.325 e. The van der Waals surface area contributed by atoms with Gasteiger partial charge in [-0.2, -0.15) is 0 Å². The number of aldehydes is 1. The number of pyridine rings is 1. The number of amides is 1. The van der Waals surface area contributed by atoms with Gasteiger partial charge in [0.05, 0.1) is 11.3 Å². The van der Waals surface area contributed by atoms with Crippen LogP contribution in [0.2, 0.25) is 10.3 Å². The van der Waals surface area contributed by atoms with E-state index < -0.39 is 5.41 Å². The first-order valence-electron chi connectivity index (χ1n) is 4.88. The second-order valence-corrected chi connectivity index (χ2v) is 5.26. The third-order valence-electron chi connectivity index (χ3n) is 2.03. The Morgan fingerprint density at radius 3 is 2.47 bits per heavy atom. The molecule has 0 aromatic carbocycles. The highest BCUT2D eigenvalue weighted by atomic mass is 35.5. The van der Waals surface area contributed by atoms with Crippen molar-refractivity contribution in [3.8, 4) is 0 Å². The van der Waals surface area contributed by atoms with Gasteiger partial charge in [0.15, 0.2) is 6.29 Å². The van der Waals surface area contributed by atoms with Gasteiger partial charge in [0.25, 0.3) is 0 Å². The van der Waals surface area contributed by atoms with Crippen LogP contribution < -0.4 is 5.32 Å². The number of hydrogen-bond acceptors (Lipinski definition) is 3. The molecule has 0 aliphatic carbocycles. The number of carbonyl (C=O) groups excluding carboxylic acids is 2. The molecule has 0 saturated carbocycles. The van der Waals surface area contributed by atoms with Gasteiger partial charge in [0.1, 0.15) is 10.3 Å². The number of carbonyl (C=O) groups is 2. The van der Waals surface area contributed by atoms with Crippen molar-refractivity contribution in [3.05, 3.63) is 21.9 Å². The second-order valence-electron chi connectivity index (χ2n) is 4.52. The van der Waals surface area contributed by atoms with E-state index >= 15 is 0 Å². The van der Waals surface area contributed by atoms with Crippen molar-refractivity contribution < 1.29 is 9.59 Å². The summed E-state index contributed by atoms with van der Waals surface area (Å²) in [6, 6.07) is 1.39. The normalized spacial score (nSPS) is 11.1. The van der Waals surface area contributed by atoms with Crippen LogP contribution in [-0.2, 0) is 4.79 Å². The molecule has 0 radical (unpaired) electrons. The summed E-state index contributed by atoms with van der Waals surface area (Å²) in [5.41, 5.74) is -0.193. The van der Waals surface area contributed by atoms with Crippen LogP contribution in [-0.4, -0.2) is 17.2 Å². The number of nitrogens with zero attached hydrogens (tertiary/aromatic N) is 1. The Balaban J connectivity index is 3.14. The Hall–Kier alpha value is -1.13. The third-order valence-corrected chi connectivity index (χ3v) is 2.51. The molecular formula is C11H12Cl2N2O2. The minimum absolute atomic E-state index is 0.0308. The highest BCUT2D eigenvalue weighted by Gasteiger charge is 2.23. The molecule has 0 spiro atoms. The number of nitrogens with one attached hydrogen (secondary N) is 1. The maximum Gasteiger partial charge on any atom is 0.229 e. The fourth-order valence-corrected chi connectivity index (χ4v) is 1.49. The average molecular weight is 275 g/mol. The van der Waals surface area contributed by atoms with Crippen molar-refractivity contribution in [1.82, 2.24) is 4.98 Å². The van der Waals surface area contributed by atoms with Crippen molar-refractivity contribution in [3.63, 3.8) is 0 Å². The minimum Gasteiger partial charge on any atom is -0.325 e. The van der Waals surface area contributed by atoms with Crippen molar-refractivity contribution >= 4 is 41.1 Å². The third kappa shape index (κ3) is 3.41. The zero-order valence-corrected chi connectivity index (χ0v) is 11.2. The van der Waals surface area contributed by atoms with Crippen LogP contribution in [0.1, 0.15) is 31.1 Å². The van der Waals surface area contributed by atoms with E-state index in [0.717, 1.165) is 0 Å². The summed E-state index contributed by atoms with van der Waals surface area (Å²) in [5.74, 6) is -0.237. The number of halogens is 2. The summed E-state index contributed by atoms with van der Waals surface area (Å²) < 4.78 is 0. The maximum absolute atomic E-state index is 11.8. The molecule has 1 N–H and O–H groups in total. The molecule has 0 atom stereocenters. The molecule has 1 aromatic rings. The Bertz CT molecular complexity index is 467. The van der Waals surface area contributed by atoms with Gasteiger partial charge >= 0.3 is 0 Å². The molecule has 0 saturated heterocycles. The first-order chi connectivity index (χ1) is 7.75. The molecule has 4 nitrogen and oxygen atoms in total. The number of hydrogen-bond donors (Lipinski definition) is 1. The van der Waals surface area contributed by atoms with Crippen molar-refractivity contribution in [2.45, 2.75) is 20.8 Å². The smallest absolute Gasteiger partial charge is 0.229 e. The molecule has 1 heterocycles. The Morgan fingerprint density at radius 1 is 1.41 bits per heavy atom. The van der Waals surface area contributed by atoms with E-state index in [0.29, 0.717) is 6.29 Å². The van der Waals surface area contributed by atoms with Gasteiger partial charge in [-0.3, -0.25) is 9.59 Å². The first kappa shape index (κ1) is 13.9. The summed E-state index contributed by atoms with van der Waals surface area (Å²) in [6.07, 6.45) is 0.532. The molecule has 0 unspecified atom stereocenters. The van der Waals surface area contributed by atoms with E-state index in [1.54, 1.807) is 20.8 Å². The van der Waals surface area contributed by atoms with Crippen molar-refractivity contribution in [1.29, 1.82) is 0 Å². The summed E-state index contributed by atoms with van der Waals surface area (Å²) in [7, 11) is 0. The maximum atomic E-state index is 11.8. The average Bonchev–Trinajstić information content (AvgIpc) is 2.15. The van der Waals surface area contributed by atoms with E-state index in [1.165, 1.54) is 6.07 Å². The fraction of sp³-hybridized carbons (Fsp3) is 0.364. The van der Waals surface area contributed by atoms with Gasteiger partial charge in [-0.05, 0) is 6.07 Å². The van der Waals surface area contributed by atoms with Gasteiger partial charge in [-0.1, -0.05) is 44.0 Å². The lowest BCUT2D eigenvalue weighted by Crippen LogP contribution is -2.28. The predicted octanol–water partition coefficient (Wildman–Crippen LogP) is 3.19. The summed E-state index contributed by atoms with van der Waals surface area (Å²) in [5, 5.41) is 2.69. The van der Waals surface area contributed by atoms with Crippen LogP contribution in [0, 0.1) is 5.41 Å². The van der Waals surface area contributed by atoms with Crippen LogP contribution >= 0.6 is 23.2 Å². The lowest BCUT2D eigenvalue weighted by Gasteiger charge is -2.18. The van der Waals surface area contributed by atoms with Gasteiger partial charge < -0.3 is 5.32 Å². The molecular weight excluding hydrogens is 263 g/mol. The number of aromatic nitrogens is 1. The highest BCUT2D eigenvalue weighted by Crippen LogP contribution is 2.26. The lowest BCUT2D eigenvalue weighted by atomic mass is 9.95. The van der Waals surface area contributed by atoms with E-state index in [1.807, 2.05) is 0 Å². The second kappa shape index (κ2) is 5.02. The quantitative estimate of drug-likeness (QED) is 0.666. The highest BCUT2D eigenvalue weighted by molar-refractivity contribution is 6.35. The minimum atomic E-state index is -0.581. The zero-order chi connectivity index (χ0) is 13.2. The van der Waals surface area contributed by atoms with Crippen LogP contribution in [0.15, 0.2) is 6.07 Å². The molecule has 17 heavy (non-hydrogen) atoms. The van der Waals surface area contributed by atoms with E-state index in [2.05, 4.69) is 10.3 Å². The van der Waals surface area contributed by atoms with Crippen molar-refractivity contribution in [2.75, 3.05) is 5.32 Å². The van der Waals surface area contributed by atoms with E-state index in [4.69, 9.17) is 23.2 Å². The molecule has 0 bridgehead atoms. The first-order valence-corrected chi connectivity index (χ1v) is 5.64. The number of rotatable bonds is 2. The monoisotopic (exact) mass is 274 g/mol. The molecule has 1 aromatic heterocycles. The predicted molar refractivity (Wildman–Crippen MR) is 67.7 cm³/mol. The van der Waals surface area contributed by atoms with E-state index in [-0.39, 0.29) is 27.5 Å². The molecule has 0 fully saturated rings. The van der Waals surface area contributed by atoms with Crippen LogP contribution in [0.5, 0.6) is 0 Å². The topological polar surface area (TPSA) is 59.1 Å².